The van der Waals surface area contributed by atoms with Crippen LogP contribution in [0.1, 0.15) is 12.0 Å². The Hall–Kier alpha value is -1.88. The molecular formula is C13H18N4O. The minimum atomic E-state index is -0.0283. The van der Waals surface area contributed by atoms with Crippen molar-refractivity contribution in [1.82, 2.24) is 14.9 Å². The molecule has 1 aromatic heterocycles. The van der Waals surface area contributed by atoms with Crippen LogP contribution in [0.4, 0.5) is 5.95 Å². The number of aryl methyl sites for hydroxylation is 1. The van der Waals surface area contributed by atoms with E-state index in [1.54, 1.807) is 0 Å². The third kappa shape index (κ3) is 3.07. The van der Waals surface area contributed by atoms with E-state index in [1.807, 2.05) is 44.1 Å². The summed E-state index contributed by atoms with van der Waals surface area (Å²) in [6, 6.07) is 5.95. The van der Waals surface area contributed by atoms with Gasteiger partial charge >= 0.3 is 0 Å². The molecule has 0 saturated carbocycles. The van der Waals surface area contributed by atoms with Crippen molar-refractivity contribution in [2.24, 2.45) is 0 Å². The van der Waals surface area contributed by atoms with Gasteiger partial charge in [0.05, 0.1) is 11.0 Å². The third-order valence-electron chi connectivity index (χ3n) is 2.68. The van der Waals surface area contributed by atoms with Crippen molar-refractivity contribution >= 4 is 22.9 Å². The Balaban J connectivity index is 2.05. The lowest BCUT2D eigenvalue weighted by Crippen LogP contribution is -2.21. The first-order chi connectivity index (χ1) is 8.54. The highest BCUT2D eigenvalue weighted by molar-refractivity contribution is 5.91. The molecule has 5 heteroatoms. The van der Waals surface area contributed by atoms with Crippen LogP contribution in [0.2, 0.25) is 0 Å². The molecule has 96 valence electrons. The molecule has 0 unspecified atom stereocenters. The van der Waals surface area contributed by atoms with Crippen molar-refractivity contribution in [1.29, 1.82) is 0 Å². The van der Waals surface area contributed by atoms with E-state index in [9.17, 15) is 4.79 Å². The number of hydrogen-bond acceptors (Lipinski definition) is 3. The highest BCUT2D eigenvalue weighted by Gasteiger charge is 2.07. The zero-order valence-corrected chi connectivity index (χ0v) is 10.9. The topological polar surface area (TPSA) is 61.0 Å². The zero-order chi connectivity index (χ0) is 13.1. The Kier molecular flexibility index (Phi) is 3.62. The van der Waals surface area contributed by atoms with Gasteiger partial charge in [-0.15, -0.1) is 0 Å². The standard InChI is InChI=1S/C13H18N4O/c1-9-4-5-10-11(8-9)15-13(14-10)16-12(18)6-7-17(2)3/h4-5,8H,6-7H2,1-3H3,(H2,14,15,16,18). The van der Waals surface area contributed by atoms with E-state index in [0.717, 1.165) is 23.1 Å². The highest BCUT2D eigenvalue weighted by Crippen LogP contribution is 2.15. The van der Waals surface area contributed by atoms with E-state index in [2.05, 4.69) is 15.3 Å². The molecular weight excluding hydrogens is 228 g/mol. The molecule has 0 fully saturated rings. The SMILES string of the molecule is Cc1ccc2nc(NC(=O)CCN(C)C)[nH]c2c1. The summed E-state index contributed by atoms with van der Waals surface area (Å²) in [6.07, 6.45) is 0.461. The van der Waals surface area contributed by atoms with Crippen LogP contribution in [0.5, 0.6) is 0 Å². The van der Waals surface area contributed by atoms with Crippen molar-refractivity contribution < 1.29 is 4.79 Å². The summed E-state index contributed by atoms with van der Waals surface area (Å²) in [6.45, 7) is 2.75. The van der Waals surface area contributed by atoms with E-state index in [1.165, 1.54) is 0 Å². The van der Waals surface area contributed by atoms with E-state index in [-0.39, 0.29) is 5.91 Å². The molecule has 0 bridgehead atoms. The second-order valence-electron chi connectivity index (χ2n) is 4.71. The molecule has 0 spiro atoms. The first-order valence-corrected chi connectivity index (χ1v) is 5.95. The molecule has 1 heterocycles. The summed E-state index contributed by atoms with van der Waals surface area (Å²) >= 11 is 0. The van der Waals surface area contributed by atoms with E-state index >= 15 is 0 Å². The summed E-state index contributed by atoms with van der Waals surface area (Å²) < 4.78 is 0. The molecule has 2 N–H and O–H groups in total. The van der Waals surface area contributed by atoms with Gasteiger partial charge in [0.2, 0.25) is 11.9 Å². The number of benzene rings is 1. The quantitative estimate of drug-likeness (QED) is 0.864. The van der Waals surface area contributed by atoms with Gasteiger partial charge in [0, 0.05) is 13.0 Å². The second kappa shape index (κ2) is 5.18. The van der Waals surface area contributed by atoms with E-state index < -0.39 is 0 Å². The van der Waals surface area contributed by atoms with Gasteiger partial charge in [0.25, 0.3) is 0 Å². The number of hydrogen-bond donors (Lipinski definition) is 2. The summed E-state index contributed by atoms with van der Waals surface area (Å²) in [5.74, 6) is 0.485. The number of carbonyl (C=O) groups excluding carboxylic acids is 1. The van der Waals surface area contributed by atoms with Gasteiger partial charge in [-0.25, -0.2) is 4.98 Å². The lowest BCUT2D eigenvalue weighted by Gasteiger charge is -2.08. The second-order valence-corrected chi connectivity index (χ2v) is 4.71. The summed E-state index contributed by atoms with van der Waals surface area (Å²) in [4.78, 5) is 21.1. The Morgan fingerprint density at radius 1 is 1.44 bits per heavy atom. The largest absolute Gasteiger partial charge is 0.324 e. The Morgan fingerprint density at radius 2 is 2.22 bits per heavy atom. The van der Waals surface area contributed by atoms with Crippen LogP contribution in [0.15, 0.2) is 18.2 Å². The van der Waals surface area contributed by atoms with Gasteiger partial charge in [0.1, 0.15) is 0 Å². The maximum atomic E-state index is 11.7. The number of imidazole rings is 1. The fraction of sp³-hybridized carbons (Fsp3) is 0.385. The zero-order valence-electron chi connectivity index (χ0n) is 10.9. The number of carbonyl (C=O) groups is 1. The van der Waals surface area contributed by atoms with Crippen molar-refractivity contribution in [3.8, 4) is 0 Å². The van der Waals surface area contributed by atoms with Gasteiger partial charge < -0.3 is 9.88 Å². The number of amides is 1. The number of aromatic amines is 1. The van der Waals surface area contributed by atoms with Gasteiger partial charge in [0.15, 0.2) is 0 Å². The number of nitrogens with one attached hydrogen (secondary N) is 2. The van der Waals surface area contributed by atoms with Crippen molar-refractivity contribution in [2.75, 3.05) is 26.0 Å². The fourth-order valence-electron chi connectivity index (χ4n) is 1.70. The normalized spacial score (nSPS) is 11.1. The maximum absolute atomic E-state index is 11.7. The van der Waals surface area contributed by atoms with E-state index in [4.69, 9.17) is 0 Å². The van der Waals surface area contributed by atoms with Crippen molar-refractivity contribution in [3.63, 3.8) is 0 Å². The molecule has 0 aliphatic rings. The number of nitrogens with zero attached hydrogens (tertiary/aromatic N) is 2. The number of H-pyrrole nitrogens is 1. The molecule has 18 heavy (non-hydrogen) atoms. The monoisotopic (exact) mass is 246 g/mol. The average molecular weight is 246 g/mol. The Morgan fingerprint density at radius 3 is 2.94 bits per heavy atom. The molecule has 2 rings (SSSR count). The summed E-state index contributed by atoms with van der Waals surface area (Å²) in [7, 11) is 3.88. The Bertz CT molecular complexity index is 559. The third-order valence-corrected chi connectivity index (χ3v) is 2.68. The molecule has 0 aliphatic heterocycles. The first-order valence-electron chi connectivity index (χ1n) is 5.95. The number of fused-ring (bicyclic) bond motifs is 1. The van der Waals surface area contributed by atoms with Crippen LogP contribution in [-0.4, -0.2) is 41.4 Å². The van der Waals surface area contributed by atoms with Gasteiger partial charge in [-0.2, -0.15) is 0 Å². The van der Waals surface area contributed by atoms with Gasteiger partial charge in [-0.05, 0) is 38.7 Å². The summed E-state index contributed by atoms with van der Waals surface area (Å²) in [5, 5.41) is 2.77. The minimum absolute atomic E-state index is 0.0283. The molecule has 1 aromatic carbocycles. The molecule has 2 aromatic rings. The molecule has 1 amide bonds. The highest BCUT2D eigenvalue weighted by atomic mass is 16.1. The smallest absolute Gasteiger partial charge is 0.227 e. The predicted octanol–water partition coefficient (Wildman–Crippen LogP) is 1.76. The van der Waals surface area contributed by atoms with E-state index in [0.29, 0.717) is 12.4 Å². The first kappa shape index (κ1) is 12.6. The van der Waals surface area contributed by atoms with Crippen LogP contribution in [0, 0.1) is 6.92 Å². The van der Waals surface area contributed by atoms with Crippen LogP contribution in [0.3, 0.4) is 0 Å². The molecule has 0 atom stereocenters. The number of aromatic nitrogens is 2. The minimum Gasteiger partial charge on any atom is -0.324 e. The maximum Gasteiger partial charge on any atom is 0.227 e. The number of anilines is 1. The Labute approximate surface area is 106 Å². The number of rotatable bonds is 4. The van der Waals surface area contributed by atoms with Crippen LogP contribution >= 0.6 is 0 Å². The molecule has 0 radical (unpaired) electrons. The van der Waals surface area contributed by atoms with Crippen molar-refractivity contribution in [2.45, 2.75) is 13.3 Å². The average Bonchev–Trinajstić information content (AvgIpc) is 2.67. The molecule has 0 aliphatic carbocycles. The lowest BCUT2D eigenvalue weighted by atomic mass is 10.2. The van der Waals surface area contributed by atoms with Gasteiger partial charge in [-0.1, -0.05) is 6.07 Å². The lowest BCUT2D eigenvalue weighted by molar-refractivity contribution is -0.116. The van der Waals surface area contributed by atoms with Gasteiger partial charge in [-0.3, -0.25) is 10.1 Å². The van der Waals surface area contributed by atoms with Crippen LogP contribution in [-0.2, 0) is 4.79 Å². The predicted molar refractivity (Wildman–Crippen MR) is 72.6 cm³/mol. The van der Waals surface area contributed by atoms with Crippen molar-refractivity contribution in [3.05, 3.63) is 23.8 Å². The molecule has 5 nitrogen and oxygen atoms in total. The fourth-order valence-corrected chi connectivity index (χ4v) is 1.70. The molecule has 0 saturated heterocycles. The summed E-state index contributed by atoms with van der Waals surface area (Å²) in [5.41, 5.74) is 2.97. The van der Waals surface area contributed by atoms with Crippen LogP contribution < -0.4 is 5.32 Å². The van der Waals surface area contributed by atoms with Crippen LogP contribution in [0.25, 0.3) is 11.0 Å².